The first-order valence-corrected chi connectivity index (χ1v) is 13.5. The number of ether oxygens (including phenoxy) is 3. The fraction of sp³-hybridized carbons (Fsp3) is 0.467. The van der Waals surface area contributed by atoms with E-state index in [4.69, 9.17) is 14.2 Å². The molecule has 4 rings (SSSR count). The van der Waals surface area contributed by atoms with Crippen LogP contribution in [-0.4, -0.2) is 53.3 Å². The topological polar surface area (TPSA) is 104 Å². The van der Waals surface area contributed by atoms with Gasteiger partial charge in [0.1, 0.15) is 11.4 Å². The molecule has 0 spiro atoms. The number of likely N-dealkylation sites (tertiary alicyclic amines) is 1. The largest absolute Gasteiger partial charge is 0.493 e. The van der Waals surface area contributed by atoms with Gasteiger partial charge in [-0.15, -0.1) is 0 Å². The lowest BCUT2D eigenvalue weighted by Gasteiger charge is -2.34. The lowest BCUT2D eigenvalue weighted by Crippen LogP contribution is -2.44. The first kappa shape index (κ1) is 30.6. The van der Waals surface area contributed by atoms with Crippen LogP contribution in [0.3, 0.4) is 0 Å². The highest BCUT2D eigenvalue weighted by atomic mass is 19.1. The first-order valence-electron chi connectivity index (χ1n) is 13.5. The van der Waals surface area contributed by atoms with Gasteiger partial charge in [-0.25, -0.2) is 9.18 Å². The number of piperidine rings is 1. The molecule has 1 aromatic heterocycles. The van der Waals surface area contributed by atoms with E-state index in [2.05, 4.69) is 4.98 Å². The third-order valence-corrected chi connectivity index (χ3v) is 6.39. The van der Waals surface area contributed by atoms with Gasteiger partial charge in [0.05, 0.1) is 30.2 Å². The molecule has 3 aromatic rings. The molecule has 0 saturated carbocycles. The summed E-state index contributed by atoms with van der Waals surface area (Å²) in [7, 11) is 1.55. The predicted octanol–water partition coefficient (Wildman–Crippen LogP) is 6.93. The molecule has 2 aromatic carbocycles. The number of nitro benzene ring substituents is 1. The normalized spacial score (nSPS) is 15.2. The van der Waals surface area contributed by atoms with Crippen molar-refractivity contribution >= 4 is 22.7 Å². The third kappa shape index (κ3) is 7.80. The second-order valence-electron chi connectivity index (χ2n) is 10.4. The van der Waals surface area contributed by atoms with Gasteiger partial charge in [0.25, 0.3) is 5.69 Å². The van der Waals surface area contributed by atoms with E-state index < -0.39 is 16.3 Å². The highest BCUT2D eigenvalue weighted by Gasteiger charge is 2.28. The van der Waals surface area contributed by atoms with Gasteiger partial charge >= 0.3 is 6.09 Å². The first-order chi connectivity index (χ1) is 19.0. The van der Waals surface area contributed by atoms with E-state index in [0.717, 1.165) is 29.9 Å². The van der Waals surface area contributed by atoms with E-state index in [9.17, 15) is 19.3 Å². The third-order valence-electron chi connectivity index (χ3n) is 6.39. The molecule has 0 bridgehead atoms. The van der Waals surface area contributed by atoms with Crippen molar-refractivity contribution in [3.8, 4) is 11.5 Å². The highest BCUT2D eigenvalue weighted by molar-refractivity contribution is 5.86. The van der Waals surface area contributed by atoms with Crippen LogP contribution in [0.4, 0.5) is 14.9 Å². The molecular formula is C30H38FN3O6. The van der Waals surface area contributed by atoms with E-state index in [1.807, 2.05) is 40.7 Å². The summed E-state index contributed by atoms with van der Waals surface area (Å²) in [5.41, 5.74) is 0.956. The lowest BCUT2D eigenvalue weighted by molar-refractivity contribution is -0.385. The Labute approximate surface area is 234 Å². The number of halogens is 1. The Kier molecular flexibility index (Phi) is 10.3. The Morgan fingerprint density at radius 1 is 1.15 bits per heavy atom. The molecular weight excluding hydrogens is 517 g/mol. The number of hydrogen-bond acceptors (Lipinski definition) is 7. The van der Waals surface area contributed by atoms with E-state index in [1.54, 1.807) is 30.3 Å². The Bertz CT molecular complexity index is 1340. The van der Waals surface area contributed by atoms with Crippen molar-refractivity contribution in [2.24, 2.45) is 5.92 Å². The summed E-state index contributed by atoms with van der Waals surface area (Å²) in [4.78, 5) is 29.0. The summed E-state index contributed by atoms with van der Waals surface area (Å²) >= 11 is 0. The second-order valence-corrected chi connectivity index (χ2v) is 10.4. The minimum atomic E-state index is -0.635. The SMILES string of the molecule is CC.COc1cc2c(Cc3ccc([N+](=O)[O-])cc3F)ccnc2cc1OCC1CCCN(C(=O)OC(C)(C)C)C1. The number of hydrogen-bond donors (Lipinski definition) is 0. The standard InChI is InChI=1S/C28H32FN3O6.C2H6/c1-28(2,3)38-27(33)31-11-5-6-18(16-31)17-37-26-15-24-22(14-25(26)36-4)19(9-10-30-24)12-20-7-8-21(32(34)35)13-23(20)29;1-2/h7-10,13-15,18H,5-6,11-12,16-17H2,1-4H3;1-2H3. The summed E-state index contributed by atoms with van der Waals surface area (Å²) < 4.78 is 31.8. The number of pyridine rings is 1. The van der Waals surface area contributed by atoms with Crippen molar-refractivity contribution < 1.29 is 28.3 Å². The predicted molar refractivity (Wildman–Crippen MR) is 152 cm³/mol. The molecule has 1 amide bonds. The minimum Gasteiger partial charge on any atom is -0.493 e. The van der Waals surface area contributed by atoms with E-state index >= 15 is 0 Å². The van der Waals surface area contributed by atoms with Crippen molar-refractivity contribution in [2.75, 3.05) is 26.8 Å². The van der Waals surface area contributed by atoms with Crippen molar-refractivity contribution in [3.05, 3.63) is 69.7 Å². The molecule has 216 valence electrons. The number of amides is 1. The average Bonchev–Trinajstić information content (AvgIpc) is 2.92. The number of nitrogens with zero attached hydrogens (tertiary/aromatic N) is 3. The van der Waals surface area contributed by atoms with Gasteiger partial charge in [-0.2, -0.15) is 0 Å². The van der Waals surface area contributed by atoms with Gasteiger partial charge in [0, 0.05) is 49.1 Å². The zero-order valence-corrected chi connectivity index (χ0v) is 24.0. The van der Waals surface area contributed by atoms with E-state index in [1.165, 1.54) is 12.1 Å². The molecule has 9 nitrogen and oxygen atoms in total. The minimum absolute atomic E-state index is 0.140. The van der Waals surface area contributed by atoms with Crippen LogP contribution in [0.5, 0.6) is 11.5 Å². The Hall–Kier alpha value is -3.95. The molecule has 40 heavy (non-hydrogen) atoms. The summed E-state index contributed by atoms with van der Waals surface area (Å²) in [6.07, 6.45) is 3.35. The lowest BCUT2D eigenvalue weighted by atomic mass is 9.99. The maximum Gasteiger partial charge on any atom is 0.410 e. The average molecular weight is 556 g/mol. The molecule has 0 radical (unpaired) electrons. The van der Waals surface area contributed by atoms with Crippen LogP contribution in [0.15, 0.2) is 42.6 Å². The van der Waals surface area contributed by atoms with Crippen LogP contribution in [0.1, 0.15) is 58.6 Å². The van der Waals surface area contributed by atoms with Crippen LogP contribution in [0.25, 0.3) is 10.9 Å². The fourth-order valence-electron chi connectivity index (χ4n) is 4.54. The molecule has 0 N–H and O–H groups in total. The maximum absolute atomic E-state index is 14.5. The van der Waals surface area contributed by atoms with Crippen LogP contribution < -0.4 is 9.47 Å². The van der Waals surface area contributed by atoms with Crippen molar-refractivity contribution in [2.45, 2.75) is 59.5 Å². The number of aromatic nitrogens is 1. The van der Waals surface area contributed by atoms with Gasteiger partial charge in [0.2, 0.25) is 0 Å². The highest BCUT2D eigenvalue weighted by Crippen LogP contribution is 2.35. The molecule has 1 aliphatic heterocycles. The number of carbonyl (C=O) groups is 1. The molecule has 1 atom stereocenters. The molecule has 10 heteroatoms. The van der Waals surface area contributed by atoms with Crippen molar-refractivity contribution in [1.29, 1.82) is 0 Å². The smallest absolute Gasteiger partial charge is 0.410 e. The fourth-order valence-corrected chi connectivity index (χ4v) is 4.54. The van der Waals surface area contributed by atoms with Crippen molar-refractivity contribution in [1.82, 2.24) is 9.88 Å². The van der Waals surface area contributed by atoms with E-state index in [0.29, 0.717) is 42.3 Å². The number of rotatable bonds is 7. The zero-order chi connectivity index (χ0) is 29.4. The number of nitro groups is 1. The van der Waals surface area contributed by atoms with Gasteiger partial charge in [0.15, 0.2) is 11.5 Å². The van der Waals surface area contributed by atoms with Gasteiger partial charge < -0.3 is 19.1 Å². The molecule has 1 aliphatic rings. The quantitative estimate of drug-likeness (QED) is 0.230. The Balaban J connectivity index is 0.00000216. The van der Waals surface area contributed by atoms with Crippen LogP contribution >= 0.6 is 0 Å². The number of benzene rings is 2. The number of carbonyl (C=O) groups excluding carboxylic acids is 1. The number of non-ortho nitro benzene ring substituents is 1. The maximum atomic E-state index is 14.5. The van der Waals surface area contributed by atoms with E-state index in [-0.39, 0.29) is 24.1 Å². The molecule has 2 heterocycles. The zero-order valence-electron chi connectivity index (χ0n) is 24.0. The van der Waals surface area contributed by atoms with Crippen LogP contribution in [0.2, 0.25) is 0 Å². The van der Waals surface area contributed by atoms with Gasteiger partial charge in [-0.05, 0) is 62.9 Å². The molecule has 1 fully saturated rings. The Morgan fingerprint density at radius 3 is 2.55 bits per heavy atom. The second kappa shape index (κ2) is 13.4. The molecule has 1 saturated heterocycles. The van der Waals surface area contributed by atoms with Crippen molar-refractivity contribution in [3.63, 3.8) is 0 Å². The summed E-state index contributed by atoms with van der Waals surface area (Å²) in [6, 6.07) is 9.04. The summed E-state index contributed by atoms with van der Waals surface area (Å²) in [5.74, 6) is 0.543. The summed E-state index contributed by atoms with van der Waals surface area (Å²) in [6.45, 7) is 11.2. The molecule has 0 aliphatic carbocycles. The monoisotopic (exact) mass is 555 g/mol. The van der Waals surface area contributed by atoms with Gasteiger partial charge in [-0.3, -0.25) is 15.1 Å². The molecule has 1 unspecified atom stereocenters. The number of methoxy groups -OCH3 is 1. The van der Waals surface area contributed by atoms with Crippen LogP contribution in [0, 0.1) is 21.8 Å². The van der Waals surface area contributed by atoms with Gasteiger partial charge in [-0.1, -0.05) is 13.8 Å². The van der Waals surface area contributed by atoms with Crippen LogP contribution in [-0.2, 0) is 11.2 Å². The Morgan fingerprint density at radius 2 is 1.90 bits per heavy atom. The number of fused-ring (bicyclic) bond motifs is 1. The summed E-state index contributed by atoms with van der Waals surface area (Å²) in [5, 5.41) is 11.7.